The smallest absolute Gasteiger partial charge is 0.291 e. The van der Waals surface area contributed by atoms with Crippen LogP contribution in [0.2, 0.25) is 15.1 Å². The normalized spacial score (nSPS) is 11.0. The van der Waals surface area contributed by atoms with Gasteiger partial charge in [-0.3, -0.25) is 9.48 Å². The van der Waals surface area contributed by atoms with E-state index < -0.39 is 0 Å². The Morgan fingerprint density at radius 1 is 1.03 bits per heavy atom. The van der Waals surface area contributed by atoms with Crippen molar-refractivity contribution in [2.75, 3.05) is 5.32 Å². The molecule has 0 aliphatic carbocycles. The Morgan fingerprint density at radius 3 is 2.38 bits per heavy atom. The number of carbonyl (C=O) groups excluding carboxylic acids is 1. The van der Waals surface area contributed by atoms with E-state index in [1.54, 1.807) is 12.1 Å². The fourth-order valence-corrected chi connectivity index (χ4v) is 4.39. The Balaban J connectivity index is 1.43. The first-order valence-electron chi connectivity index (χ1n) is 10.5. The van der Waals surface area contributed by atoms with E-state index in [0.29, 0.717) is 28.8 Å². The minimum atomic E-state index is -0.380. The standard InChI is InChI=1S/C25H22Cl3N3O3/c1-14-4-6-17(7-5-14)12-31-16(3)23(15(2)30-31)29-25(32)22-9-8-19(34-22)13-33-24-20(27)10-18(26)11-21(24)28/h4-11H,12-13H2,1-3H3,(H,29,32). The lowest BCUT2D eigenvalue weighted by molar-refractivity contribution is 0.0992. The maximum atomic E-state index is 12.8. The minimum Gasteiger partial charge on any atom is -0.483 e. The summed E-state index contributed by atoms with van der Waals surface area (Å²) in [4.78, 5) is 12.8. The third-order valence-corrected chi connectivity index (χ3v) is 6.06. The predicted molar refractivity (Wildman–Crippen MR) is 134 cm³/mol. The highest BCUT2D eigenvalue weighted by Crippen LogP contribution is 2.36. The van der Waals surface area contributed by atoms with E-state index in [1.165, 1.54) is 17.7 Å². The predicted octanol–water partition coefficient (Wildman–Crippen LogP) is 7.24. The molecule has 0 bridgehead atoms. The molecule has 1 amide bonds. The third kappa shape index (κ3) is 5.41. The number of aromatic nitrogens is 2. The fourth-order valence-electron chi connectivity index (χ4n) is 3.46. The van der Waals surface area contributed by atoms with Crippen molar-refractivity contribution in [3.05, 3.63) is 97.6 Å². The van der Waals surface area contributed by atoms with E-state index in [-0.39, 0.29) is 28.3 Å². The van der Waals surface area contributed by atoms with Gasteiger partial charge in [-0.1, -0.05) is 64.6 Å². The maximum Gasteiger partial charge on any atom is 0.291 e. The Labute approximate surface area is 212 Å². The van der Waals surface area contributed by atoms with Gasteiger partial charge in [0.05, 0.1) is 33.7 Å². The van der Waals surface area contributed by atoms with Crippen LogP contribution in [0.1, 0.15) is 38.8 Å². The first kappa shape index (κ1) is 24.2. The Hall–Kier alpha value is -2.93. The van der Waals surface area contributed by atoms with Gasteiger partial charge in [-0.05, 0) is 50.6 Å². The highest BCUT2D eigenvalue weighted by atomic mass is 35.5. The Bertz CT molecular complexity index is 1320. The number of halogens is 3. The second kappa shape index (κ2) is 10.1. The summed E-state index contributed by atoms with van der Waals surface area (Å²) in [6.07, 6.45) is 0. The van der Waals surface area contributed by atoms with Crippen LogP contribution in [-0.2, 0) is 13.2 Å². The molecule has 34 heavy (non-hydrogen) atoms. The summed E-state index contributed by atoms with van der Waals surface area (Å²) in [5.74, 6) is 0.505. The molecule has 2 aromatic heterocycles. The van der Waals surface area contributed by atoms with Gasteiger partial charge in [0.2, 0.25) is 0 Å². The van der Waals surface area contributed by atoms with Crippen LogP contribution in [0.15, 0.2) is 52.9 Å². The number of furan rings is 1. The number of nitrogens with zero attached hydrogens (tertiary/aromatic N) is 2. The van der Waals surface area contributed by atoms with Gasteiger partial charge in [0.25, 0.3) is 5.91 Å². The second-order valence-corrected chi connectivity index (χ2v) is 9.15. The monoisotopic (exact) mass is 517 g/mol. The average Bonchev–Trinajstić information content (AvgIpc) is 3.35. The van der Waals surface area contributed by atoms with Crippen LogP contribution in [0.5, 0.6) is 5.75 Å². The topological polar surface area (TPSA) is 69.3 Å². The van der Waals surface area contributed by atoms with Crippen molar-refractivity contribution >= 4 is 46.4 Å². The molecule has 2 aromatic carbocycles. The van der Waals surface area contributed by atoms with Gasteiger partial charge in [-0.15, -0.1) is 0 Å². The molecule has 0 saturated carbocycles. The molecule has 0 saturated heterocycles. The quantitative estimate of drug-likeness (QED) is 0.280. The first-order chi connectivity index (χ1) is 16.2. The summed E-state index contributed by atoms with van der Waals surface area (Å²) in [5, 5.41) is 8.47. The zero-order valence-corrected chi connectivity index (χ0v) is 21.1. The third-order valence-electron chi connectivity index (χ3n) is 5.28. The fraction of sp³-hybridized carbons (Fsp3) is 0.200. The van der Waals surface area contributed by atoms with Gasteiger partial charge >= 0.3 is 0 Å². The number of nitrogens with one attached hydrogen (secondary N) is 1. The van der Waals surface area contributed by atoms with Crippen LogP contribution in [0.4, 0.5) is 5.69 Å². The highest BCUT2D eigenvalue weighted by Gasteiger charge is 2.18. The lowest BCUT2D eigenvalue weighted by atomic mass is 10.1. The van der Waals surface area contributed by atoms with E-state index in [2.05, 4.69) is 41.6 Å². The molecule has 0 radical (unpaired) electrons. The molecule has 4 aromatic rings. The summed E-state index contributed by atoms with van der Waals surface area (Å²) in [7, 11) is 0. The number of hydrogen-bond donors (Lipinski definition) is 1. The molecule has 176 valence electrons. The molecule has 0 aliphatic heterocycles. The minimum absolute atomic E-state index is 0.0426. The van der Waals surface area contributed by atoms with Crippen molar-refractivity contribution in [1.29, 1.82) is 0 Å². The number of anilines is 1. The summed E-state index contributed by atoms with van der Waals surface area (Å²) < 4.78 is 13.2. The number of rotatable bonds is 7. The van der Waals surface area contributed by atoms with Crippen LogP contribution in [-0.4, -0.2) is 15.7 Å². The molecule has 9 heteroatoms. The second-order valence-electron chi connectivity index (χ2n) is 7.90. The maximum absolute atomic E-state index is 12.8. The number of benzene rings is 2. The molecule has 0 unspecified atom stereocenters. The van der Waals surface area contributed by atoms with Crippen molar-refractivity contribution in [2.45, 2.75) is 33.9 Å². The molecule has 4 rings (SSSR count). The van der Waals surface area contributed by atoms with E-state index in [1.807, 2.05) is 18.5 Å². The van der Waals surface area contributed by atoms with Crippen LogP contribution < -0.4 is 10.1 Å². The van der Waals surface area contributed by atoms with Crippen molar-refractivity contribution in [3.8, 4) is 5.75 Å². The molecule has 0 aliphatic rings. The number of aryl methyl sites for hydroxylation is 2. The molecule has 2 heterocycles. The zero-order chi connectivity index (χ0) is 24.4. The molecular weight excluding hydrogens is 497 g/mol. The summed E-state index contributed by atoms with van der Waals surface area (Å²) in [6, 6.07) is 14.6. The van der Waals surface area contributed by atoms with Gasteiger partial charge < -0.3 is 14.5 Å². The number of carbonyl (C=O) groups is 1. The largest absolute Gasteiger partial charge is 0.483 e. The van der Waals surface area contributed by atoms with E-state index in [0.717, 1.165) is 17.0 Å². The summed E-state index contributed by atoms with van der Waals surface area (Å²) in [5.41, 5.74) is 4.57. The molecular formula is C25H22Cl3N3O3. The lowest BCUT2D eigenvalue weighted by Crippen LogP contribution is -2.12. The van der Waals surface area contributed by atoms with Crippen LogP contribution in [0, 0.1) is 20.8 Å². The SMILES string of the molecule is Cc1ccc(Cn2nc(C)c(NC(=O)c3ccc(COc4c(Cl)cc(Cl)cc4Cl)o3)c2C)cc1. The molecule has 6 nitrogen and oxygen atoms in total. The number of amides is 1. The average molecular weight is 519 g/mol. The van der Waals surface area contributed by atoms with Crippen molar-refractivity contribution in [3.63, 3.8) is 0 Å². The number of ether oxygens (including phenoxy) is 1. The summed E-state index contributed by atoms with van der Waals surface area (Å²) >= 11 is 18.2. The van der Waals surface area contributed by atoms with Gasteiger partial charge in [0.1, 0.15) is 12.4 Å². The van der Waals surface area contributed by atoms with Crippen molar-refractivity contribution in [2.24, 2.45) is 0 Å². The highest BCUT2D eigenvalue weighted by molar-refractivity contribution is 6.40. The van der Waals surface area contributed by atoms with Gasteiger partial charge in [-0.25, -0.2) is 0 Å². The summed E-state index contributed by atoms with van der Waals surface area (Å²) in [6.45, 7) is 6.48. The molecule has 0 atom stereocenters. The molecule has 0 fully saturated rings. The van der Waals surface area contributed by atoms with Crippen LogP contribution in [0.25, 0.3) is 0 Å². The Morgan fingerprint density at radius 2 is 1.71 bits per heavy atom. The molecule has 1 N–H and O–H groups in total. The van der Waals surface area contributed by atoms with Crippen LogP contribution >= 0.6 is 34.8 Å². The molecule has 0 spiro atoms. The van der Waals surface area contributed by atoms with E-state index in [4.69, 9.17) is 44.0 Å². The van der Waals surface area contributed by atoms with Crippen LogP contribution in [0.3, 0.4) is 0 Å². The van der Waals surface area contributed by atoms with Gasteiger partial charge in [0.15, 0.2) is 11.5 Å². The van der Waals surface area contributed by atoms with Crippen molar-refractivity contribution in [1.82, 2.24) is 9.78 Å². The first-order valence-corrected chi connectivity index (χ1v) is 11.6. The van der Waals surface area contributed by atoms with Gasteiger partial charge in [-0.2, -0.15) is 5.10 Å². The van der Waals surface area contributed by atoms with Gasteiger partial charge in [0, 0.05) is 5.02 Å². The zero-order valence-electron chi connectivity index (χ0n) is 18.8. The lowest BCUT2D eigenvalue weighted by Gasteiger charge is -2.09. The van der Waals surface area contributed by atoms with E-state index in [9.17, 15) is 4.79 Å². The van der Waals surface area contributed by atoms with Crippen molar-refractivity contribution < 1.29 is 13.9 Å². The Kier molecular flexibility index (Phi) is 7.22. The van der Waals surface area contributed by atoms with E-state index >= 15 is 0 Å². The number of hydrogen-bond acceptors (Lipinski definition) is 4.